The van der Waals surface area contributed by atoms with E-state index in [0.717, 1.165) is 0 Å². The quantitative estimate of drug-likeness (QED) is 0.488. The lowest BCUT2D eigenvalue weighted by Gasteiger charge is -1.93. The molecule has 0 aromatic heterocycles. The monoisotopic (exact) mass is 110 g/mol. The second-order valence-electron chi connectivity index (χ2n) is 2.21. The fourth-order valence-electron chi connectivity index (χ4n) is 0.845. The molecule has 0 aliphatic heterocycles. The van der Waals surface area contributed by atoms with Gasteiger partial charge in [-0.15, -0.1) is 5.98 Å². The highest BCUT2D eigenvalue weighted by Crippen LogP contribution is 2.00. The molecule has 0 amide bonds. The van der Waals surface area contributed by atoms with Crippen molar-refractivity contribution >= 4 is 7.28 Å². The van der Waals surface area contributed by atoms with Crippen LogP contribution in [0.5, 0.6) is 0 Å². The molecule has 0 radical (unpaired) electrons. The standard InChI is InChI=1S/C7H15B/c1-4-5-7(2)6-8-3/h6,8H,4-5H2,1-3H3/b7-6-. The van der Waals surface area contributed by atoms with Crippen molar-refractivity contribution in [3.63, 3.8) is 0 Å². The van der Waals surface area contributed by atoms with Gasteiger partial charge in [0.2, 0.25) is 0 Å². The van der Waals surface area contributed by atoms with E-state index in [4.69, 9.17) is 0 Å². The zero-order chi connectivity index (χ0) is 6.41. The zero-order valence-corrected chi connectivity index (χ0v) is 6.20. The van der Waals surface area contributed by atoms with Gasteiger partial charge in [-0.3, -0.25) is 0 Å². The van der Waals surface area contributed by atoms with E-state index in [-0.39, 0.29) is 0 Å². The van der Waals surface area contributed by atoms with Crippen LogP contribution in [-0.2, 0) is 0 Å². The van der Waals surface area contributed by atoms with E-state index in [2.05, 4.69) is 26.6 Å². The fraction of sp³-hybridized carbons (Fsp3) is 0.714. The highest BCUT2D eigenvalue weighted by atomic mass is 13.8. The first-order valence-corrected chi connectivity index (χ1v) is 3.46. The largest absolute Gasteiger partial charge is 0.144 e. The van der Waals surface area contributed by atoms with E-state index in [1.165, 1.54) is 25.7 Å². The molecule has 8 heavy (non-hydrogen) atoms. The third-order valence-electron chi connectivity index (χ3n) is 1.20. The summed E-state index contributed by atoms with van der Waals surface area (Å²) in [6.07, 6.45) is 2.55. The molecule has 1 heteroatoms. The van der Waals surface area contributed by atoms with Crippen LogP contribution in [0.3, 0.4) is 0 Å². The van der Waals surface area contributed by atoms with Gasteiger partial charge < -0.3 is 0 Å². The minimum atomic E-state index is 1.19. The number of hydrogen-bond donors (Lipinski definition) is 0. The molecule has 0 unspecified atom stereocenters. The van der Waals surface area contributed by atoms with Crippen LogP contribution < -0.4 is 0 Å². The summed E-state index contributed by atoms with van der Waals surface area (Å²) in [4.78, 5) is 0. The van der Waals surface area contributed by atoms with Gasteiger partial charge in [-0.1, -0.05) is 25.7 Å². The molecule has 0 atom stereocenters. The van der Waals surface area contributed by atoms with Gasteiger partial charge in [0, 0.05) is 0 Å². The molecule has 0 aromatic rings. The highest BCUT2D eigenvalue weighted by Gasteiger charge is 1.82. The molecule has 0 N–H and O–H groups in total. The van der Waals surface area contributed by atoms with Crippen LogP contribution in [0.2, 0.25) is 6.82 Å². The lowest BCUT2D eigenvalue weighted by molar-refractivity contribution is 0.908. The molecule has 46 valence electrons. The summed E-state index contributed by atoms with van der Waals surface area (Å²) >= 11 is 0. The van der Waals surface area contributed by atoms with Gasteiger partial charge in [-0.25, -0.2) is 0 Å². The Hall–Kier alpha value is -0.195. The molecule has 0 aromatic carbocycles. The fourth-order valence-corrected chi connectivity index (χ4v) is 0.845. The first kappa shape index (κ1) is 7.80. The molecular weight excluding hydrogens is 94.9 g/mol. The van der Waals surface area contributed by atoms with Gasteiger partial charge in [0.1, 0.15) is 7.28 Å². The zero-order valence-electron chi connectivity index (χ0n) is 6.20. The molecule has 0 spiro atoms. The van der Waals surface area contributed by atoms with E-state index < -0.39 is 0 Å². The Morgan fingerprint density at radius 3 is 2.62 bits per heavy atom. The maximum absolute atomic E-state index is 2.30. The van der Waals surface area contributed by atoms with Crippen molar-refractivity contribution in [2.75, 3.05) is 0 Å². The average Bonchev–Trinajstić information content (AvgIpc) is 1.68. The summed E-state index contributed by atoms with van der Waals surface area (Å²) in [5.41, 5.74) is 1.54. The molecule has 0 fully saturated rings. The Morgan fingerprint density at radius 2 is 2.25 bits per heavy atom. The van der Waals surface area contributed by atoms with Crippen molar-refractivity contribution in [1.29, 1.82) is 0 Å². The van der Waals surface area contributed by atoms with Crippen molar-refractivity contribution in [1.82, 2.24) is 0 Å². The van der Waals surface area contributed by atoms with Crippen LogP contribution >= 0.6 is 0 Å². The summed E-state index contributed by atoms with van der Waals surface area (Å²) in [5.74, 6) is 2.30. The van der Waals surface area contributed by atoms with Crippen molar-refractivity contribution in [2.45, 2.75) is 33.5 Å². The van der Waals surface area contributed by atoms with E-state index in [1.807, 2.05) is 0 Å². The van der Waals surface area contributed by atoms with Crippen LogP contribution in [0.25, 0.3) is 0 Å². The molecule has 0 saturated carbocycles. The highest BCUT2D eigenvalue weighted by molar-refractivity contribution is 6.40. The van der Waals surface area contributed by atoms with Gasteiger partial charge in [0.05, 0.1) is 0 Å². The second kappa shape index (κ2) is 4.95. The average molecular weight is 110 g/mol. The van der Waals surface area contributed by atoms with E-state index >= 15 is 0 Å². The minimum Gasteiger partial charge on any atom is -0.121 e. The lowest BCUT2D eigenvalue weighted by atomic mass is 9.80. The van der Waals surface area contributed by atoms with Crippen molar-refractivity contribution < 1.29 is 0 Å². The Labute approximate surface area is 53.2 Å². The topological polar surface area (TPSA) is 0 Å². The Balaban J connectivity index is 3.29. The third kappa shape index (κ3) is 3.98. The maximum atomic E-state index is 2.30. The second-order valence-corrected chi connectivity index (χ2v) is 2.21. The summed E-state index contributed by atoms with van der Waals surface area (Å²) in [7, 11) is 1.19. The van der Waals surface area contributed by atoms with Gasteiger partial charge in [0.15, 0.2) is 0 Å². The summed E-state index contributed by atoms with van der Waals surface area (Å²) < 4.78 is 0. The summed E-state index contributed by atoms with van der Waals surface area (Å²) in [6.45, 7) is 6.60. The van der Waals surface area contributed by atoms with Crippen LogP contribution in [0.15, 0.2) is 11.5 Å². The molecule has 0 nitrogen and oxygen atoms in total. The molecule has 0 heterocycles. The SMILES string of the molecule is CB/C=C(/C)CCC. The molecule has 0 rings (SSSR count). The molecular formula is C7H15B. The van der Waals surface area contributed by atoms with Crippen LogP contribution in [0, 0.1) is 0 Å². The first-order valence-electron chi connectivity index (χ1n) is 3.46. The predicted molar refractivity (Wildman–Crippen MR) is 41.7 cm³/mol. The molecule has 0 saturated heterocycles. The summed E-state index contributed by atoms with van der Waals surface area (Å²) in [5, 5.41) is 0. The van der Waals surface area contributed by atoms with Crippen molar-refractivity contribution in [3.05, 3.63) is 11.5 Å². The van der Waals surface area contributed by atoms with Crippen LogP contribution in [0.4, 0.5) is 0 Å². The number of allylic oxidation sites excluding steroid dienone is 1. The first-order chi connectivity index (χ1) is 3.81. The van der Waals surface area contributed by atoms with Gasteiger partial charge in [-0.2, -0.15) is 0 Å². The minimum absolute atomic E-state index is 1.19. The van der Waals surface area contributed by atoms with Crippen molar-refractivity contribution in [3.8, 4) is 0 Å². The van der Waals surface area contributed by atoms with Gasteiger partial charge in [-0.05, 0) is 13.3 Å². The maximum Gasteiger partial charge on any atom is 0.144 e. The van der Waals surface area contributed by atoms with Crippen molar-refractivity contribution in [2.24, 2.45) is 0 Å². The normalized spacial score (nSPS) is 11.6. The lowest BCUT2D eigenvalue weighted by Crippen LogP contribution is -1.78. The van der Waals surface area contributed by atoms with Crippen LogP contribution in [-0.4, -0.2) is 7.28 Å². The Kier molecular flexibility index (Phi) is 4.83. The molecule has 0 aliphatic carbocycles. The van der Waals surface area contributed by atoms with Crippen LogP contribution in [0.1, 0.15) is 26.7 Å². The third-order valence-corrected chi connectivity index (χ3v) is 1.20. The van der Waals surface area contributed by atoms with E-state index in [1.54, 1.807) is 0 Å². The van der Waals surface area contributed by atoms with Gasteiger partial charge >= 0.3 is 0 Å². The summed E-state index contributed by atoms with van der Waals surface area (Å²) in [6, 6.07) is 0. The Bertz CT molecular complexity index is 74.5. The number of hydrogen-bond acceptors (Lipinski definition) is 0. The molecule has 0 bridgehead atoms. The number of rotatable bonds is 3. The predicted octanol–water partition coefficient (Wildman–Crippen LogP) is 2.17. The van der Waals surface area contributed by atoms with E-state index in [0.29, 0.717) is 0 Å². The van der Waals surface area contributed by atoms with E-state index in [9.17, 15) is 0 Å². The molecule has 0 aliphatic rings. The smallest absolute Gasteiger partial charge is 0.121 e. The van der Waals surface area contributed by atoms with Gasteiger partial charge in [0.25, 0.3) is 0 Å². The Morgan fingerprint density at radius 1 is 1.62 bits per heavy atom.